The molecule has 1 unspecified atom stereocenters. The molecule has 2 aromatic heterocycles. The molecule has 0 bridgehead atoms. The fourth-order valence-electron chi connectivity index (χ4n) is 2.83. The van der Waals surface area contributed by atoms with Crippen LogP contribution in [0.2, 0.25) is 0 Å². The predicted octanol–water partition coefficient (Wildman–Crippen LogP) is 5.46. The van der Waals surface area contributed by atoms with Crippen LogP contribution in [0.15, 0.2) is 16.6 Å². The number of rotatable bonds is 4. The number of aryl methyl sites for hydroxylation is 3. The Labute approximate surface area is 137 Å². The van der Waals surface area contributed by atoms with Gasteiger partial charge in [-0.3, -0.25) is 0 Å². The van der Waals surface area contributed by atoms with E-state index in [2.05, 4.69) is 47.2 Å². The van der Waals surface area contributed by atoms with Gasteiger partial charge in [-0.25, -0.2) is 0 Å². The first kappa shape index (κ1) is 14.8. The van der Waals surface area contributed by atoms with Gasteiger partial charge in [-0.15, -0.1) is 22.7 Å². The van der Waals surface area contributed by atoms with E-state index in [-0.39, 0.29) is 0 Å². The average Bonchev–Trinajstić information content (AvgIpc) is 3.00. The van der Waals surface area contributed by atoms with E-state index in [4.69, 9.17) is 0 Å². The molecule has 1 aliphatic rings. The highest BCUT2D eigenvalue weighted by Crippen LogP contribution is 2.39. The van der Waals surface area contributed by atoms with E-state index in [1.165, 1.54) is 44.8 Å². The number of halogens is 1. The van der Waals surface area contributed by atoms with Crippen LogP contribution in [0.3, 0.4) is 0 Å². The molecular formula is C16H20BrNS2. The largest absolute Gasteiger partial charge is 0.305 e. The molecule has 2 aromatic rings. The topological polar surface area (TPSA) is 12.0 Å². The lowest BCUT2D eigenvalue weighted by Crippen LogP contribution is -2.20. The van der Waals surface area contributed by atoms with Gasteiger partial charge in [0.05, 0.1) is 6.04 Å². The number of fused-ring (bicyclic) bond motifs is 1. The van der Waals surface area contributed by atoms with Gasteiger partial charge in [0.1, 0.15) is 0 Å². The van der Waals surface area contributed by atoms with Crippen LogP contribution in [0, 0.1) is 6.92 Å². The van der Waals surface area contributed by atoms with Gasteiger partial charge in [0.15, 0.2) is 0 Å². The van der Waals surface area contributed by atoms with Crippen LogP contribution in [0.5, 0.6) is 0 Å². The summed E-state index contributed by atoms with van der Waals surface area (Å²) in [4.78, 5) is 5.91. The van der Waals surface area contributed by atoms with Crippen molar-refractivity contribution < 1.29 is 0 Å². The first-order valence-corrected chi connectivity index (χ1v) is 9.72. The Bertz CT molecular complexity index is 557. The molecule has 1 N–H and O–H groups in total. The highest BCUT2D eigenvalue weighted by molar-refractivity contribution is 9.10. The molecule has 0 saturated carbocycles. The molecule has 0 aromatic carbocycles. The lowest BCUT2D eigenvalue weighted by atomic mass is 9.98. The summed E-state index contributed by atoms with van der Waals surface area (Å²) in [6.07, 6.45) is 5.28. The molecule has 0 radical (unpaired) electrons. The zero-order chi connectivity index (χ0) is 14.1. The normalized spacial score (nSPS) is 16.1. The zero-order valence-corrected chi connectivity index (χ0v) is 15.2. The fourth-order valence-corrected chi connectivity index (χ4v) is 5.91. The summed E-state index contributed by atoms with van der Waals surface area (Å²) in [6.45, 7) is 5.37. The number of hydrogen-bond donors (Lipinski definition) is 1. The molecule has 4 heteroatoms. The minimum atomic E-state index is 0.366. The van der Waals surface area contributed by atoms with Crippen LogP contribution >= 0.6 is 38.6 Å². The zero-order valence-electron chi connectivity index (χ0n) is 12.0. The van der Waals surface area contributed by atoms with Gasteiger partial charge in [0, 0.05) is 24.0 Å². The Kier molecular flexibility index (Phi) is 4.65. The molecule has 0 fully saturated rings. The SMILES string of the molecule is CCNC(c1cc(Br)c(C)s1)c1cc2c(s1)CCCC2. The third-order valence-electron chi connectivity index (χ3n) is 3.87. The number of thiophene rings is 2. The maximum Gasteiger partial charge on any atom is 0.0765 e. The van der Waals surface area contributed by atoms with E-state index < -0.39 is 0 Å². The number of hydrogen-bond acceptors (Lipinski definition) is 3. The van der Waals surface area contributed by atoms with Crippen LogP contribution in [0.4, 0.5) is 0 Å². The quantitative estimate of drug-likeness (QED) is 0.754. The Hall–Kier alpha value is -0.160. The van der Waals surface area contributed by atoms with Gasteiger partial charge in [-0.1, -0.05) is 6.92 Å². The highest BCUT2D eigenvalue weighted by Gasteiger charge is 2.21. The van der Waals surface area contributed by atoms with Crippen molar-refractivity contribution in [3.63, 3.8) is 0 Å². The Balaban J connectivity index is 1.95. The van der Waals surface area contributed by atoms with Gasteiger partial charge in [-0.05, 0) is 72.8 Å². The first-order valence-electron chi connectivity index (χ1n) is 7.29. The summed E-state index contributed by atoms with van der Waals surface area (Å²) in [7, 11) is 0. The fraction of sp³-hybridized carbons (Fsp3) is 0.500. The lowest BCUT2D eigenvalue weighted by molar-refractivity contribution is 0.647. The first-order chi connectivity index (χ1) is 9.69. The van der Waals surface area contributed by atoms with E-state index in [0.717, 1.165) is 6.54 Å². The molecule has 2 heterocycles. The van der Waals surface area contributed by atoms with Crippen LogP contribution in [-0.4, -0.2) is 6.54 Å². The van der Waals surface area contributed by atoms with Crippen molar-refractivity contribution in [1.82, 2.24) is 5.32 Å². The summed E-state index contributed by atoms with van der Waals surface area (Å²) < 4.78 is 1.24. The van der Waals surface area contributed by atoms with Crippen molar-refractivity contribution in [3.05, 3.63) is 41.7 Å². The molecule has 0 saturated heterocycles. The third kappa shape index (κ3) is 2.89. The smallest absolute Gasteiger partial charge is 0.0765 e. The Morgan fingerprint density at radius 2 is 1.95 bits per heavy atom. The standard InChI is InChI=1S/C16H20BrNS2/c1-3-18-16(15-9-12(17)10(2)19-15)14-8-11-6-4-5-7-13(11)20-14/h8-9,16,18H,3-7H2,1-2H3. The van der Waals surface area contributed by atoms with E-state index in [0.29, 0.717) is 6.04 Å². The predicted molar refractivity (Wildman–Crippen MR) is 93.2 cm³/mol. The van der Waals surface area contributed by atoms with Crippen molar-refractivity contribution in [2.24, 2.45) is 0 Å². The van der Waals surface area contributed by atoms with Crippen LogP contribution < -0.4 is 5.32 Å². The molecule has 0 amide bonds. The third-order valence-corrected chi connectivity index (χ3v) is 7.37. The summed E-state index contributed by atoms with van der Waals surface area (Å²) >= 11 is 7.57. The minimum Gasteiger partial charge on any atom is -0.305 e. The average molecular weight is 370 g/mol. The summed E-state index contributed by atoms with van der Waals surface area (Å²) in [5, 5.41) is 3.66. The van der Waals surface area contributed by atoms with Crippen LogP contribution in [0.1, 0.15) is 50.9 Å². The highest BCUT2D eigenvalue weighted by atomic mass is 79.9. The second-order valence-electron chi connectivity index (χ2n) is 5.35. The summed E-state index contributed by atoms with van der Waals surface area (Å²) in [5.41, 5.74) is 1.60. The van der Waals surface area contributed by atoms with Crippen molar-refractivity contribution >= 4 is 38.6 Å². The van der Waals surface area contributed by atoms with Crippen molar-refractivity contribution in [3.8, 4) is 0 Å². The Morgan fingerprint density at radius 3 is 2.60 bits per heavy atom. The molecule has 1 atom stereocenters. The van der Waals surface area contributed by atoms with Gasteiger partial charge in [0.25, 0.3) is 0 Å². The molecule has 3 rings (SSSR count). The molecule has 0 aliphatic heterocycles. The molecule has 1 nitrogen and oxygen atoms in total. The molecule has 108 valence electrons. The monoisotopic (exact) mass is 369 g/mol. The molecular weight excluding hydrogens is 350 g/mol. The van der Waals surface area contributed by atoms with Crippen molar-refractivity contribution in [2.45, 2.75) is 45.6 Å². The summed E-state index contributed by atoms with van der Waals surface area (Å²) in [6, 6.07) is 5.10. The van der Waals surface area contributed by atoms with Gasteiger partial charge < -0.3 is 5.32 Å². The van der Waals surface area contributed by atoms with E-state index in [1.54, 1.807) is 10.4 Å². The van der Waals surface area contributed by atoms with Crippen molar-refractivity contribution in [1.29, 1.82) is 0 Å². The molecule has 0 spiro atoms. The van der Waals surface area contributed by atoms with Crippen LogP contribution in [-0.2, 0) is 12.8 Å². The Morgan fingerprint density at radius 1 is 1.20 bits per heavy atom. The van der Waals surface area contributed by atoms with E-state index in [9.17, 15) is 0 Å². The number of nitrogens with one attached hydrogen (secondary N) is 1. The lowest BCUT2D eigenvalue weighted by Gasteiger charge is -2.14. The van der Waals surface area contributed by atoms with E-state index >= 15 is 0 Å². The second-order valence-corrected chi connectivity index (χ2v) is 8.66. The van der Waals surface area contributed by atoms with Gasteiger partial charge in [0.2, 0.25) is 0 Å². The van der Waals surface area contributed by atoms with Gasteiger partial charge in [-0.2, -0.15) is 0 Å². The maximum atomic E-state index is 3.66. The second kappa shape index (κ2) is 6.30. The molecule has 20 heavy (non-hydrogen) atoms. The van der Waals surface area contributed by atoms with Crippen molar-refractivity contribution in [2.75, 3.05) is 6.54 Å². The minimum absolute atomic E-state index is 0.366. The maximum absolute atomic E-state index is 3.66. The van der Waals surface area contributed by atoms with Crippen LogP contribution in [0.25, 0.3) is 0 Å². The van der Waals surface area contributed by atoms with E-state index in [1.807, 2.05) is 22.7 Å². The molecule has 1 aliphatic carbocycles. The summed E-state index contributed by atoms with van der Waals surface area (Å²) in [5.74, 6) is 0. The van der Waals surface area contributed by atoms with Gasteiger partial charge >= 0.3 is 0 Å².